The monoisotopic (exact) mass is 849 g/mol. The SMILES string of the molecule is O=C(O)CC[C@H](NC(=O)N[C@@H](CSC1CC(=O)N(CCCC[C@H](NC(=O)CCCCNC(=O)c2cccc(I)c2)C(=O)O)C1=O)C(=O)O)C(=O)O. The minimum absolute atomic E-state index is 0.0290. The summed E-state index contributed by atoms with van der Waals surface area (Å²) < 4.78 is 0.921. The van der Waals surface area contributed by atoms with Crippen molar-refractivity contribution < 1.29 is 63.6 Å². The summed E-state index contributed by atoms with van der Waals surface area (Å²) in [4.78, 5) is 109. The van der Waals surface area contributed by atoms with Crippen molar-refractivity contribution in [3.8, 4) is 0 Å². The molecule has 0 aliphatic carbocycles. The molecule has 8 N–H and O–H groups in total. The highest BCUT2D eigenvalue weighted by Gasteiger charge is 2.39. The molecule has 51 heavy (non-hydrogen) atoms. The Kier molecular flexibility index (Phi) is 18.2. The van der Waals surface area contributed by atoms with Crippen LogP contribution in [0.3, 0.4) is 0 Å². The van der Waals surface area contributed by atoms with E-state index in [1.54, 1.807) is 18.2 Å². The van der Waals surface area contributed by atoms with E-state index in [1.807, 2.05) is 11.4 Å². The Bertz CT molecular complexity index is 1480. The predicted molar refractivity (Wildman–Crippen MR) is 188 cm³/mol. The van der Waals surface area contributed by atoms with Gasteiger partial charge in [-0.1, -0.05) is 6.07 Å². The van der Waals surface area contributed by atoms with Gasteiger partial charge in [0.2, 0.25) is 17.7 Å². The molecule has 1 heterocycles. The van der Waals surface area contributed by atoms with Crippen LogP contribution in [-0.4, -0.2) is 121 Å². The Morgan fingerprint density at radius 3 is 2.10 bits per heavy atom. The molecule has 18 nitrogen and oxygen atoms in total. The van der Waals surface area contributed by atoms with Gasteiger partial charge in [-0.15, -0.1) is 11.8 Å². The molecule has 1 fully saturated rings. The number of likely N-dealkylation sites (tertiary alicyclic amines) is 1. The maximum Gasteiger partial charge on any atom is 0.327 e. The standard InChI is InChI=1S/C31H40IN5O13S/c32-18-7-5-6-17(14-18)26(42)33-12-3-1-9-23(38)34-19(28(44)45)8-2-4-13-37-24(39)15-22(27(37)43)51-16-21(30(48)49)36-31(50)35-20(29(46)47)10-11-25(40)41/h5-7,14,19-22H,1-4,8-13,15-16H2,(H,33,42)(H,34,38)(H,40,41)(H,44,45)(H,46,47)(H,48,49)(H2,35,36,50)/t19-,20-,21-,22?/m0/s1. The molecular weight excluding hydrogens is 809 g/mol. The summed E-state index contributed by atoms with van der Waals surface area (Å²) in [6.07, 6.45) is 0.266. The third-order valence-corrected chi connectivity index (χ3v) is 9.45. The number of hydrogen-bond donors (Lipinski definition) is 8. The minimum Gasteiger partial charge on any atom is -0.481 e. The highest BCUT2D eigenvalue weighted by atomic mass is 127. The number of carboxylic acid groups (broad SMARTS) is 4. The molecule has 0 bridgehead atoms. The van der Waals surface area contributed by atoms with Crippen LogP contribution in [0.4, 0.5) is 4.79 Å². The Morgan fingerprint density at radius 2 is 1.47 bits per heavy atom. The van der Waals surface area contributed by atoms with Gasteiger partial charge >= 0.3 is 29.9 Å². The fraction of sp³-hybridized carbons (Fsp3) is 0.516. The molecule has 0 radical (unpaired) electrons. The van der Waals surface area contributed by atoms with Crippen molar-refractivity contribution in [2.75, 3.05) is 18.8 Å². The largest absolute Gasteiger partial charge is 0.481 e. The molecule has 1 aromatic carbocycles. The molecule has 1 saturated heterocycles. The van der Waals surface area contributed by atoms with Gasteiger partial charge in [-0.2, -0.15) is 0 Å². The van der Waals surface area contributed by atoms with Gasteiger partial charge in [0.05, 0.1) is 5.25 Å². The van der Waals surface area contributed by atoms with Gasteiger partial charge in [-0.3, -0.25) is 28.9 Å². The second-order valence-corrected chi connectivity index (χ2v) is 13.9. The number of carboxylic acids is 4. The van der Waals surface area contributed by atoms with Crippen LogP contribution >= 0.6 is 34.4 Å². The molecular formula is C31H40IN5O13S. The predicted octanol–water partition coefficient (Wildman–Crippen LogP) is 0.862. The summed E-state index contributed by atoms with van der Waals surface area (Å²) >= 11 is 2.91. The summed E-state index contributed by atoms with van der Waals surface area (Å²) in [5, 5.41) is 45.3. The molecule has 2 rings (SSSR count). The lowest BCUT2D eigenvalue weighted by Crippen LogP contribution is -2.52. The number of hydrogen-bond acceptors (Lipinski definition) is 10. The molecule has 0 saturated carbocycles. The third-order valence-electron chi connectivity index (χ3n) is 7.48. The molecule has 1 aliphatic rings. The van der Waals surface area contributed by atoms with Crippen LogP contribution in [0.5, 0.6) is 0 Å². The van der Waals surface area contributed by atoms with E-state index >= 15 is 0 Å². The number of rotatable bonds is 23. The van der Waals surface area contributed by atoms with Gasteiger partial charge in [-0.05, 0) is 79.3 Å². The molecule has 6 amide bonds. The molecule has 20 heteroatoms. The van der Waals surface area contributed by atoms with Crippen molar-refractivity contribution in [3.63, 3.8) is 0 Å². The van der Waals surface area contributed by atoms with E-state index in [4.69, 9.17) is 5.11 Å². The fourth-order valence-corrected chi connectivity index (χ4v) is 6.50. The van der Waals surface area contributed by atoms with Crippen molar-refractivity contribution in [2.24, 2.45) is 0 Å². The van der Waals surface area contributed by atoms with Crippen molar-refractivity contribution in [1.82, 2.24) is 26.2 Å². The number of nitrogens with one attached hydrogen (secondary N) is 4. The first-order valence-corrected chi connectivity index (χ1v) is 18.0. The average Bonchev–Trinajstić information content (AvgIpc) is 3.32. The first-order valence-electron chi connectivity index (χ1n) is 15.8. The van der Waals surface area contributed by atoms with Crippen molar-refractivity contribution in [1.29, 1.82) is 0 Å². The highest BCUT2D eigenvalue weighted by molar-refractivity contribution is 14.1. The van der Waals surface area contributed by atoms with Crippen LogP contribution in [0, 0.1) is 3.57 Å². The third kappa shape index (κ3) is 15.5. The number of halogens is 1. The minimum atomic E-state index is -1.59. The van der Waals surface area contributed by atoms with Crippen LogP contribution in [0.15, 0.2) is 24.3 Å². The zero-order valence-electron chi connectivity index (χ0n) is 27.3. The summed E-state index contributed by atoms with van der Waals surface area (Å²) in [6.45, 7) is 0.312. The van der Waals surface area contributed by atoms with E-state index in [0.29, 0.717) is 24.9 Å². The number of thioether (sulfide) groups is 1. The average molecular weight is 850 g/mol. The number of carbonyl (C=O) groups is 9. The van der Waals surface area contributed by atoms with Crippen molar-refractivity contribution >= 4 is 87.9 Å². The van der Waals surface area contributed by atoms with Gasteiger partial charge < -0.3 is 41.7 Å². The number of benzene rings is 1. The summed E-state index contributed by atoms with van der Waals surface area (Å²) in [5.41, 5.74) is 0.523. The summed E-state index contributed by atoms with van der Waals surface area (Å²) in [6, 6.07) is 1.55. The zero-order chi connectivity index (χ0) is 38.1. The number of unbranched alkanes of at least 4 members (excludes halogenated alkanes) is 2. The molecule has 0 spiro atoms. The second-order valence-electron chi connectivity index (χ2n) is 11.4. The van der Waals surface area contributed by atoms with E-state index in [1.165, 1.54) is 0 Å². The Morgan fingerprint density at radius 1 is 0.824 bits per heavy atom. The first-order chi connectivity index (χ1) is 24.1. The molecule has 1 unspecified atom stereocenters. The van der Waals surface area contributed by atoms with Crippen LogP contribution in [0.1, 0.15) is 68.1 Å². The maximum absolute atomic E-state index is 12.9. The molecule has 1 aliphatic heterocycles. The number of nitrogens with zero attached hydrogens (tertiary/aromatic N) is 1. The van der Waals surface area contributed by atoms with Gasteiger partial charge in [0.1, 0.15) is 18.1 Å². The quantitative estimate of drug-likeness (QED) is 0.0431. The van der Waals surface area contributed by atoms with Gasteiger partial charge in [-0.25, -0.2) is 19.2 Å². The van der Waals surface area contributed by atoms with E-state index in [2.05, 4.69) is 38.5 Å². The highest BCUT2D eigenvalue weighted by Crippen LogP contribution is 2.26. The first kappa shape index (κ1) is 42.7. The van der Waals surface area contributed by atoms with Gasteiger partial charge in [0, 0.05) is 47.2 Å². The topological polar surface area (TPSA) is 286 Å². The lowest BCUT2D eigenvalue weighted by Gasteiger charge is -2.19. The van der Waals surface area contributed by atoms with E-state index < -0.39 is 83.8 Å². The number of carbonyl (C=O) groups excluding carboxylic acids is 5. The van der Waals surface area contributed by atoms with Crippen LogP contribution in [-0.2, 0) is 33.6 Å². The van der Waals surface area contributed by atoms with Crippen LogP contribution < -0.4 is 21.3 Å². The van der Waals surface area contributed by atoms with Crippen LogP contribution in [0.25, 0.3) is 0 Å². The summed E-state index contributed by atoms with van der Waals surface area (Å²) in [5.74, 6) is -7.70. The van der Waals surface area contributed by atoms with Crippen molar-refractivity contribution in [2.45, 2.75) is 81.2 Å². The number of imide groups is 1. The Labute approximate surface area is 310 Å². The van der Waals surface area contributed by atoms with E-state index in [0.717, 1.165) is 20.2 Å². The lowest BCUT2D eigenvalue weighted by molar-refractivity contribution is -0.142. The van der Waals surface area contributed by atoms with Gasteiger partial charge in [0.25, 0.3) is 5.91 Å². The van der Waals surface area contributed by atoms with E-state index in [-0.39, 0.29) is 50.3 Å². The maximum atomic E-state index is 12.9. The number of urea groups is 1. The molecule has 0 aromatic heterocycles. The smallest absolute Gasteiger partial charge is 0.327 e. The Balaban J connectivity index is 1.73. The number of amides is 6. The molecule has 1 aromatic rings. The second kappa shape index (κ2) is 21.7. The van der Waals surface area contributed by atoms with E-state index in [9.17, 15) is 58.5 Å². The summed E-state index contributed by atoms with van der Waals surface area (Å²) in [7, 11) is 0. The molecule has 280 valence electrons. The fourth-order valence-electron chi connectivity index (χ4n) is 4.77. The van der Waals surface area contributed by atoms with Crippen molar-refractivity contribution in [3.05, 3.63) is 33.4 Å². The Hall–Kier alpha value is -4.47. The normalized spacial score (nSPS) is 15.7. The molecule has 4 atom stereocenters. The van der Waals surface area contributed by atoms with Gasteiger partial charge in [0.15, 0.2) is 0 Å². The zero-order valence-corrected chi connectivity index (χ0v) is 30.3. The number of aliphatic carboxylic acids is 4. The lowest BCUT2D eigenvalue weighted by atomic mass is 10.1. The van der Waals surface area contributed by atoms with Crippen LogP contribution in [0.2, 0.25) is 0 Å².